The fourth-order valence-electron chi connectivity index (χ4n) is 6.16. The molecule has 7 aromatic rings. The van der Waals surface area contributed by atoms with Gasteiger partial charge in [-0.15, -0.1) is 0 Å². The molecular formula is C36H24N4. The Morgan fingerprint density at radius 2 is 1.40 bits per heavy atom. The summed E-state index contributed by atoms with van der Waals surface area (Å²) in [6, 6.07) is 44.0. The van der Waals surface area contributed by atoms with Gasteiger partial charge in [0.1, 0.15) is 0 Å². The van der Waals surface area contributed by atoms with Gasteiger partial charge in [-0.1, -0.05) is 105 Å². The summed E-state index contributed by atoms with van der Waals surface area (Å²) >= 11 is 0. The van der Waals surface area contributed by atoms with Crippen LogP contribution in [0.25, 0.3) is 61.7 Å². The minimum Gasteiger partial charge on any atom is -0.278 e. The van der Waals surface area contributed by atoms with Crippen molar-refractivity contribution in [3.05, 3.63) is 132 Å². The van der Waals surface area contributed by atoms with E-state index in [4.69, 9.17) is 15.0 Å². The minimum absolute atomic E-state index is 0.115. The summed E-state index contributed by atoms with van der Waals surface area (Å²) < 4.78 is 2.19. The Balaban J connectivity index is 1.46. The molecule has 0 saturated heterocycles. The summed E-state index contributed by atoms with van der Waals surface area (Å²) in [6.07, 6.45) is 0. The number of fused-ring (bicyclic) bond motifs is 6. The normalized spacial score (nSPS) is 13.2. The van der Waals surface area contributed by atoms with Gasteiger partial charge in [-0.05, 0) is 52.6 Å². The number of para-hydroxylation sites is 1. The highest BCUT2D eigenvalue weighted by Crippen LogP contribution is 2.50. The average Bonchev–Trinajstić information content (AvgIpc) is 3.45. The van der Waals surface area contributed by atoms with Crippen LogP contribution < -0.4 is 0 Å². The van der Waals surface area contributed by atoms with Gasteiger partial charge >= 0.3 is 0 Å². The van der Waals surface area contributed by atoms with E-state index in [1.807, 2.05) is 48.5 Å². The van der Waals surface area contributed by atoms with Crippen molar-refractivity contribution < 1.29 is 0 Å². The number of benzene rings is 4. The quantitative estimate of drug-likeness (QED) is 0.240. The highest BCUT2D eigenvalue weighted by Gasteiger charge is 2.36. The van der Waals surface area contributed by atoms with Crippen LogP contribution >= 0.6 is 0 Å². The first-order valence-electron chi connectivity index (χ1n) is 13.5. The zero-order valence-electron chi connectivity index (χ0n) is 22.2. The van der Waals surface area contributed by atoms with Gasteiger partial charge in [-0.2, -0.15) is 9.97 Å². The van der Waals surface area contributed by atoms with Crippen LogP contribution in [0.5, 0.6) is 0 Å². The molecule has 2 aromatic heterocycles. The zero-order valence-corrected chi connectivity index (χ0v) is 22.2. The number of hydrogen-bond acceptors (Lipinski definition) is 3. The van der Waals surface area contributed by atoms with Gasteiger partial charge in [0, 0.05) is 21.8 Å². The third-order valence-corrected chi connectivity index (χ3v) is 8.12. The largest absolute Gasteiger partial charge is 0.278 e. The third kappa shape index (κ3) is 3.25. The van der Waals surface area contributed by atoms with Gasteiger partial charge in [0.05, 0.1) is 16.6 Å². The van der Waals surface area contributed by atoms with Gasteiger partial charge in [-0.3, -0.25) is 4.57 Å². The molecule has 0 amide bonds. The fourth-order valence-corrected chi connectivity index (χ4v) is 6.16. The Bertz CT molecular complexity index is 2010. The monoisotopic (exact) mass is 512 g/mol. The van der Waals surface area contributed by atoms with E-state index in [-0.39, 0.29) is 5.41 Å². The fraction of sp³-hybridized carbons (Fsp3) is 0.0833. The molecule has 1 aliphatic carbocycles. The maximum atomic E-state index is 5.06. The summed E-state index contributed by atoms with van der Waals surface area (Å²) in [4.78, 5) is 15.0. The molecule has 0 bridgehead atoms. The molecule has 0 unspecified atom stereocenters. The molecule has 4 nitrogen and oxygen atoms in total. The first-order chi connectivity index (χ1) is 19.6. The molecule has 2 heterocycles. The predicted octanol–water partition coefficient (Wildman–Crippen LogP) is 8.21. The van der Waals surface area contributed by atoms with Crippen LogP contribution in [0.3, 0.4) is 0 Å². The molecule has 40 heavy (non-hydrogen) atoms. The molecule has 188 valence electrons. The van der Waals surface area contributed by atoms with E-state index >= 15 is 0 Å². The van der Waals surface area contributed by atoms with Gasteiger partial charge in [0.2, 0.25) is 5.95 Å². The lowest BCUT2D eigenvalue weighted by Gasteiger charge is -2.21. The molecule has 0 saturated carbocycles. The lowest BCUT2D eigenvalue weighted by molar-refractivity contribution is 0.661. The Morgan fingerprint density at radius 3 is 2.25 bits per heavy atom. The van der Waals surface area contributed by atoms with Crippen molar-refractivity contribution >= 4 is 21.8 Å². The second-order valence-corrected chi connectivity index (χ2v) is 10.8. The Labute approximate surface area is 232 Å². The van der Waals surface area contributed by atoms with Gasteiger partial charge < -0.3 is 0 Å². The molecule has 0 fully saturated rings. The number of aromatic nitrogens is 4. The van der Waals surface area contributed by atoms with E-state index in [2.05, 4.69) is 91.2 Å². The summed E-state index contributed by atoms with van der Waals surface area (Å²) in [5, 5.41) is 2.36. The van der Waals surface area contributed by atoms with Gasteiger partial charge in [0.25, 0.3) is 0 Å². The minimum atomic E-state index is -0.115. The van der Waals surface area contributed by atoms with Crippen LogP contribution in [-0.2, 0) is 5.41 Å². The molecule has 4 heteroatoms. The van der Waals surface area contributed by atoms with Crippen molar-refractivity contribution in [2.45, 2.75) is 19.3 Å². The zero-order chi connectivity index (χ0) is 26.8. The first-order valence-corrected chi connectivity index (χ1v) is 13.5. The van der Waals surface area contributed by atoms with Crippen molar-refractivity contribution in [1.82, 2.24) is 19.5 Å². The second-order valence-electron chi connectivity index (χ2n) is 10.8. The summed E-state index contributed by atoms with van der Waals surface area (Å²) in [5.74, 6) is 1.78. The SMILES string of the molecule is CC1(C)c2ccccc2-c2cc3c4ccccc4n(-c4nc(-c5c#cccc5)nc(-c5ccccc5)n4)c3cc21. The summed E-state index contributed by atoms with van der Waals surface area (Å²) in [6.45, 7) is 4.62. The molecule has 8 rings (SSSR count). The lowest BCUT2D eigenvalue weighted by atomic mass is 9.82. The summed E-state index contributed by atoms with van der Waals surface area (Å²) in [5.41, 5.74) is 9.03. The highest BCUT2D eigenvalue weighted by atomic mass is 15.2. The van der Waals surface area contributed by atoms with E-state index in [1.165, 1.54) is 33.0 Å². The van der Waals surface area contributed by atoms with Crippen LogP contribution in [0.2, 0.25) is 0 Å². The van der Waals surface area contributed by atoms with Gasteiger partial charge in [-0.25, -0.2) is 4.98 Å². The topological polar surface area (TPSA) is 43.6 Å². The van der Waals surface area contributed by atoms with Gasteiger partial charge in [0.15, 0.2) is 11.6 Å². The van der Waals surface area contributed by atoms with Crippen molar-refractivity contribution in [3.8, 4) is 39.9 Å². The molecule has 0 aliphatic heterocycles. The number of nitrogens with zero attached hydrogens (tertiary/aromatic N) is 4. The maximum Gasteiger partial charge on any atom is 0.238 e. The van der Waals surface area contributed by atoms with Crippen LogP contribution in [0.1, 0.15) is 25.0 Å². The number of hydrogen-bond donors (Lipinski definition) is 0. The van der Waals surface area contributed by atoms with E-state index in [0.717, 1.165) is 22.2 Å². The van der Waals surface area contributed by atoms with Crippen LogP contribution in [0, 0.1) is 12.1 Å². The maximum absolute atomic E-state index is 5.06. The van der Waals surface area contributed by atoms with Crippen LogP contribution in [0.4, 0.5) is 0 Å². The lowest BCUT2D eigenvalue weighted by Crippen LogP contribution is -2.15. The Kier molecular flexibility index (Phi) is 4.74. The van der Waals surface area contributed by atoms with Crippen molar-refractivity contribution in [1.29, 1.82) is 0 Å². The molecule has 5 aromatic carbocycles. The third-order valence-electron chi connectivity index (χ3n) is 8.12. The highest BCUT2D eigenvalue weighted by molar-refractivity contribution is 6.11. The van der Waals surface area contributed by atoms with E-state index in [0.29, 0.717) is 17.6 Å². The molecule has 1 aliphatic rings. The van der Waals surface area contributed by atoms with Crippen LogP contribution in [0.15, 0.2) is 109 Å². The van der Waals surface area contributed by atoms with Crippen LogP contribution in [-0.4, -0.2) is 19.5 Å². The predicted molar refractivity (Wildman–Crippen MR) is 160 cm³/mol. The molecule has 0 spiro atoms. The van der Waals surface area contributed by atoms with E-state index in [1.54, 1.807) is 0 Å². The van der Waals surface area contributed by atoms with E-state index in [9.17, 15) is 0 Å². The molecule has 0 N–H and O–H groups in total. The first kappa shape index (κ1) is 22.7. The average molecular weight is 513 g/mol. The standard InChI is InChI=1S/C36H24N4/c1-36(2)29-19-11-9-17-25(29)27-21-28-26-18-10-12-20-31(26)40(32(28)22-30(27)36)35-38-33(23-13-5-3-6-14-23)37-34(39-35)24-15-7-4-8-16-24/h3-7,9-15,17-22H,1-2H3. The second kappa shape index (κ2) is 8.36. The van der Waals surface area contributed by atoms with Crippen molar-refractivity contribution in [3.63, 3.8) is 0 Å². The van der Waals surface area contributed by atoms with Crippen molar-refractivity contribution in [2.24, 2.45) is 0 Å². The summed E-state index contributed by atoms with van der Waals surface area (Å²) in [7, 11) is 0. The Morgan fingerprint density at radius 1 is 0.625 bits per heavy atom. The van der Waals surface area contributed by atoms with Crippen molar-refractivity contribution in [2.75, 3.05) is 0 Å². The molecular weight excluding hydrogens is 488 g/mol. The molecule has 0 radical (unpaired) electrons. The van der Waals surface area contributed by atoms with E-state index < -0.39 is 0 Å². The Hall–Kier alpha value is -5.27. The number of rotatable bonds is 3. The molecule has 0 atom stereocenters. The smallest absolute Gasteiger partial charge is 0.238 e.